The van der Waals surface area contributed by atoms with Gasteiger partial charge >= 0.3 is 0 Å². The van der Waals surface area contributed by atoms with Crippen LogP contribution in [-0.4, -0.2) is 24.1 Å². The van der Waals surface area contributed by atoms with E-state index in [1.54, 1.807) is 18.4 Å². The molecule has 0 saturated heterocycles. The van der Waals surface area contributed by atoms with Crippen molar-refractivity contribution in [1.82, 2.24) is 9.97 Å². The Morgan fingerprint density at radius 1 is 1.14 bits per heavy atom. The number of thiophene rings is 1. The minimum absolute atomic E-state index is 0.686. The number of para-hydroxylation sites is 1. The molecule has 0 aliphatic heterocycles. The third-order valence-electron chi connectivity index (χ3n) is 3.61. The van der Waals surface area contributed by atoms with E-state index in [1.807, 2.05) is 31.3 Å². The molecule has 0 spiro atoms. The molecule has 108 valence electrons. The van der Waals surface area contributed by atoms with E-state index in [2.05, 4.69) is 24.1 Å². The van der Waals surface area contributed by atoms with Gasteiger partial charge in [0.25, 0.3) is 0 Å². The molecule has 0 fully saturated rings. The minimum atomic E-state index is 0.686. The van der Waals surface area contributed by atoms with Gasteiger partial charge in [-0.2, -0.15) is 0 Å². The lowest BCUT2D eigenvalue weighted by Gasteiger charge is -2.09. The molecule has 5 heteroatoms. The van der Waals surface area contributed by atoms with Gasteiger partial charge in [0.05, 0.1) is 18.1 Å². The molecular formula is C16H17N3OS. The first-order chi connectivity index (χ1) is 10.2. The number of anilines is 1. The molecule has 3 aromatic rings. The third-order valence-corrected chi connectivity index (χ3v) is 4.71. The van der Waals surface area contributed by atoms with E-state index in [0.717, 1.165) is 27.3 Å². The highest BCUT2D eigenvalue weighted by Crippen LogP contribution is 2.36. The van der Waals surface area contributed by atoms with E-state index < -0.39 is 0 Å². The monoisotopic (exact) mass is 299 g/mol. The van der Waals surface area contributed by atoms with Crippen molar-refractivity contribution < 1.29 is 4.74 Å². The number of nitrogens with one attached hydrogen (secondary N) is 1. The van der Waals surface area contributed by atoms with Crippen LogP contribution < -0.4 is 10.1 Å². The summed E-state index contributed by atoms with van der Waals surface area (Å²) in [6, 6.07) is 7.81. The Morgan fingerprint density at radius 3 is 2.62 bits per heavy atom. The van der Waals surface area contributed by atoms with Gasteiger partial charge in [-0.1, -0.05) is 12.1 Å². The lowest BCUT2D eigenvalue weighted by Crippen LogP contribution is -1.99. The van der Waals surface area contributed by atoms with Gasteiger partial charge in [-0.25, -0.2) is 9.97 Å². The zero-order chi connectivity index (χ0) is 15.0. The van der Waals surface area contributed by atoms with E-state index in [4.69, 9.17) is 9.72 Å². The Labute approximate surface area is 127 Å². The first kappa shape index (κ1) is 13.8. The van der Waals surface area contributed by atoms with Crippen molar-refractivity contribution in [3.8, 4) is 17.1 Å². The van der Waals surface area contributed by atoms with Gasteiger partial charge in [0.15, 0.2) is 5.82 Å². The van der Waals surface area contributed by atoms with E-state index in [1.165, 1.54) is 10.4 Å². The lowest BCUT2D eigenvalue weighted by atomic mass is 10.1. The Balaban J connectivity index is 2.29. The molecule has 0 bridgehead atoms. The summed E-state index contributed by atoms with van der Waals surface area (Å²) in [5, 5.41) is 4.30. The standard InChI is InChI=1S/C16H17N3OS/c1-9-10(2)21-16-13(9)15(17-3)18-14(19-16)11-7-5-6-8-12(11)20-4/h5-8H,1-4H3,(H,17,18,19). The number of rotatable bonds is 3. The minimum Gasteiger partial charge on any atom is -0.496 e. The average molecular weight is 299 g/mol. The second-order valence-electron chi connectivity index (χ2n) is 4.81. The van der Waals surface area contributed by atoms with Crippen LogP contribution in [0.25, 0.3) is 21.6 Å². The van der Waals surface area contributed by atoms with Crippen LogP contribution in [-0.2, 0) is 0 Å². The lowest BCUT2D eigenvalue weighted by molar-refractivity contribution is 0.416. The van der Waals surface area contributed by atoms with Crippen LogP contribution in [0, 0.1) is 13.8 Å². The summed E-state index contributed by atoms with van der Waals surface area (Å²) in [5.41, 5.74) is 2.15. The molecule has 0 aliphatic rings. The topological polar surface area (TPSA) is 47.0 Å². The molecule has 0 radical (unpaired) electrons. The fourth-order valence-electron chi connectivity index (χ4n) is 2.38. The Morgan fingerprint density at radius 2 is 1.90 bits per heavy atom. The van der Waals surface area contributed by atoms with Crippen molar-refractivity contribution in [3.05, 3.63) is 34.7 Å². The molecule has 1 N–H and O–H groups in total. The number of hydrogen-bond donors (Lipinski definition) is 1. The van der Waals surface area contributed by atoms with Crippen molar-refractivity contribution >= 4 is 27.4 Å². The maximum absolute atomic E-state index is 5.42. The second-order valence-corrected chi connectivity index (χ2v) is 6.01. The second kappa shape index (κ2) is 5.33. The normalized spacial score (nSPS) is 10.9. The van der Waals surface area contributed by atoms with E-state index >= 15 is 0 Å². The Bertz CT molecular complexity index is 811. The molecule has 0 aliphatic carbocycles. The predicted molar refractivity (Wildman–Crippen MR) is 88.4 cm³/mol. The van der Waals surface area contributed by atoms with Crippen LogP contribution in [0.1, 0.15) is 10.4 Å². The van der Waals surface area contributed by atoms with Gasteiger partial charge in [-0.05, 0) is 31.5 Å². The Hall–Kier alpha value is -2.14. The zero-order valence-electron chi connectivity index (χ0n) is 12.5. The van der Waals surface area contributed by atoms with Crippen molar-refractivity contribution in [2.45, 2.75) is 13.8 Å². The van der Waals surface area contributed by atoms with Crippen molar-refractivity contribution in [2.75, 3.05) is 19.5 Å². The highest BCUT2D eigenvalue weighted by atomic mass is 32.1. The smallest absolute Gasteiger partial charge is 0.166 e. The van der Waals surface area contributed by atoms with Crippen LogP contribution in [0.4, 0.5) is 5.82 Å². The molecule has 0 unspecified atom stereocenters. The largest absolute Gasteiger partial charge is 0.496 e. The third kappa shape index (κ3) is 2.23. The fraction of sp³-hybridized carbons (Fsp3) is 0.250. The van der Waals surface area contributed by atoms with Gasteiger partial charge in [-0.3, -0.25) is 0 Å². The molecule has 0 atom stereocenters. The number of hydrogen-bond acceptors (Lipinski definition) is 5. The predicted octanol–water partition coefficient (Wildman–Crippen LogP) is 4.03. The number of aryl methyl sites for hydroxylation is 2. The summed E-state index contributed by atoms with van der Waals surface area (Å²) in [6.07, 6.45) is 0. The zero-order valence-corrected chi connectivity index (χ0v) is 13.3. The molecule has 2 heterocycles. The SMILES string of the molecule is CNc1nc(-c2ccccc2OC)nc2sc(C)c(C)c12. The summed E-state index contributed by atoms with van der Waals surface area (Å²) in [4.78, 5) is 11.7. The van der Waals surface area contributed by atoms with E-state index in [0.29, 0.717) is 5.82 Å². The summed E-state index contributed by atoms with van der Waals surface area (Å²) in [7, 11) is 3.55. The molecule has 3 rings (SSSR count). The average Bonchev–Trinajstić information content (AvgIpc) is 2.81. The molecule has 0 saturated carbocycles. The summed E-state index contributed by atoms with van der Waals surface area (Å²) >= 11 is 1.70. The van der Waals surface area contributed by atoms with Crippen LogP contribution in [0.2, 0.25) is 0 Å². The highest BCUT2D eigenvalue weighted by Gasteiger charge is 2.16. The van der Waals surface area contributed by atoms with Crippen LogP contribution in [0.5, 0.6) is 5.75 Å². The maximum Gasteiger partial charge on any atom is 0.166 e. The van der Waals surface area contributed by atoms with Crippen LogP contribution in [0.15, 0.2) is 24.3 Å². The molecular weight excluding hydrogens is 282 g/mol. The number of benzene rings is 1. The van der Waals surface area contributed by atoms with Gasteiger partial charge in [0.2, 0.25) is 0 Å². The van der Waals surface area contributed by atoms with Gasteiger partial charge in [-0.15, -0.1) is 11.3 Å². The fourth-order valence-corrected chi connectivity index (χ4v) is 3.41. The van der Waals surface area contributed by atoms with Crippen LogP contribution >= 0.6 is 11.3 Å². The highest BCUT2D eigenvalue weighted by molar-refractivity contribution is 7.18. The van der Waals surface area contributed by atoms with Gasteiger partial charge < -0.3 is 10.1 Å². The first-order valence-electron chi connectivity index (χ1n) is 6.74. The van der Waals surface area contributed by atoms with E-state index in [-0.39, 0.29) is 0 Å². The number of ether oxygens (including phenoxy) is 1. The first-order valence-corrected chi connectivity index (χ1v) is 7.56. The van der Waals surface area contributed by atoms with Gasteiger partial charge in [0, 0.05) is 11.9 Å². The van der Waals surface area contributed by atoms with Crippen molar-refractivity contribution in [1.29, 1.82) is 0 Å². The molecule has 2 aromatic heterocycles. The number of aromatic nitrogens is 2. The quantitative estimate of drug-likeness (QED) is 0.793. The summed E-state index contributed by atoms with van der Waals surface area (Å²) < 4.78 is 5.42. The molecule has 21 heavy (non-hydrogen) atoms. The molecule has 0 amide bonds. The molecule has 4 nitrogen and oxygen atoms in total. The number of fused-ring (bicyclic) bond motifs is 1. The summed E-state index contributed by atoms with van der Waals surface area (Å²) in [5.74, 6) is 2.33. The van der Waals surface area contributed by atoms with Crippen molar-refractivity contribution in [2.24, 2.45) is 0 Å². The number of nitrogens with zero attached hydrogens (tertiary/aromatic N) is 2. The Kier molecular flexibility index (Phi) is 3.51. The maximum atomic E-state index is 5.42. The van der Waals surface area contributed by atoms with Gasteiger partial charge in [0.1, 0.15) is 16.4 Å². The molecule has 1 aromatic carbocycles. The van der Waals surface area contributed by atoms with Crippen LogP contribution in [0.3, 0.4) is 0 Å². The van der Waals surface area contributed by atoms with E-state index in [9.17, 15) is 0 Å². The number of methoxy groups -OCH3 is 1. The van der Waals surface area contributed by atoms with Crippen molar-refractivity contribution in [3.63, 3.8) is 0 Å². The summed E-state index contributed by atoms with van der Waals surface area (Å²) in [6.45, 7) is 4.23.